The number of ether oxygens (including phenoxy) is 2. The Morgan fingerprint density at radius 2 is 1.93 bits per heavy atom. The molecule has 2 heterocycles. The van der Waals surface area contributed by atoms with Crippen molar-refractivity contribution < 1.29 is 23.9 Å². The van der Waals surface area contributed by atoms with Crippen LogP contribution in [0.5, 0.6) is 0 Å². The number of fused-ring (bicyclic) bond motifs is 1. The van der Waals surface area contributed by atoms with Crippen LogP contribution in [-0.4, -0.2) is 36.5 Å². The van der Waals surface area contributed by atoms with E-state index in [1.807, 2.05) is 37.4 Å². The quantitative estimate of drug-likeness (QED) is 0.526. The van der Waals surface area contributed by atoms with E-state index in [-0.39, 0.29) is 6.42 Å². The van der Waals surface area contributed by atoms with Crippen molar-refractivity contribution >= 4 is 45.1 Å². The lowest BCUT2D eigenvalue weighted by Gasteiger charge is -2.07. The molecule has 0 fully saturated rings. The van der Waals surface area contributed by atoms with Gasteiger partial charge in [0.05, 0.1) is 12.7 Å². The third-order valence-corrected chi connectivity index (χ3v) is 6.02. The molecule has 30 heavy (non-hydrogen) atoms. The first-order valence-corrected chi connectivity index (χ1v) is 10.4. The predicted molar refractivity (Wildman–Crippen MR) is 116 cm³/mol. The molecule has 2 aromatic heterocycles. The molecule has 2 N–H and O–H groups in total. The lowest BCUT2D eigenvalue weighted by Crippen LogP contribution is -2.21. The van der Waals surface area contributed by atoms with Crippen molar-refractivity contribution in [3.05, 3.63) is 52.0 Å². The first-order valence-electron chi connectivity index (χ1n) is 9.59. The third kappa shape index (κ3) is 4.88. The minimum absolute atomic E-state index is 0.220. The number of carbonyl (C=O) groups excluding carboxylic acids is 3. The monoisotopic (exact) mass is 428 g/mol. The van der Waals surface area contributed by atoms with Crippen LogP contribution in [-0.2, 0) is 25.5 Å². The standard InChI is InChI=1S/C22H24N2O5S/c1-13-14(2)30-21(20(13)22(27)28-3)24-18(25)12-29-19(26)10-6-7-15-11-23-17-9-5-4-8-16(15)17/h4-5,8-9,11,23H,6-7,10,12H2,1-3H3,(H,24,25). The molecule has 0 spiro atoms. The maximum Gasteiger partial charge on any atom is 0.341 e. The average molecular weight is 429 g/mol. The molecular formula is C22H24N2O5S. The van der Waals surface area contributed by atoms with Gasteiger partial charge in [-0.25, -0.2) is 4.79 Å². The van der Waals surface area contributed by atoms with Gasteiger partial charge in [0, 0.05) is 28.4 Å². The van der Waals surface area contributed by atoms with Crippen molar-refractivity contribution in [2.45, 2.75) is 33.1 Å². The Hall–Kier alpha value is -3.13. The van der Waals surface area contributed by atoms with E-state index >= 15 is 0 Å². The second-order valence-electron chi connectivity index (χ2n) is 6.90. The molecule has 0 atom stereocenters. The number of aromatic amines is 1. The van der Waals surface area contributed by atoms with E-state index < -0.39 is 24.5 Å². The molecule has 0 unspecified atom stereocenters. The van der Waals surface area contributed by atoms with Gasteiger partial charge in [-0.3, -0.25) is 9.59 Å². The highest BCUT2D eigenvalue weighted by atomic mass is 32.1. The number of esters is 2. The van der Waals surface area contributed by atoms with Crippen molar-refractivity contribution in [3.63, 3.8) is 0 Å². The molecule has 0 radical (unpaired) electrons. The second-order valence-corrected chi connectivity index (χ2v) is 8.13. The molecule has 7 nitrogen and oxygen atoms in total. The van der Waals surface area contributed by atoms with E-state index in [2.05, 4.69) is 10.3 Å². The SMILES string of the molecule is COC(=O)c1c(NC(=O)COC(=O)CCCc2c[nH]c3ccccc23)sc(C)c1C. The smallest absolute Gasteiger partial charge is 0.341 e. The number of H-pyrrole nitrogens is 1. The fourth-order valence-electron chi connectivity index (χ4n) is 3.21. The number of carbonyl (C=O) groups is 3. The molecule has 3 aromatic rings. The number of amides is 1. The molecule has 158 valence electrons. The summed E-state index contributed by atoms with van der Waals surface area (Å²) in [6.07, 6.45) is 3.53. The molecule has 1 amide bonds. The minimum atomic E-state index is -0.513. The number of benzene rings is 1. The molecule has 0 saturated carbocycles. The number of aryl methyl sites for hydroxylation is 2. The van der Waals surface area contributed by atoms with Gasteiger partial charge in [0.15, 0.2) is 6.61 Å². The van der Waals surface area contributed by atoms with Gasteiger partial charge in [-0.05, 0) is 43.9 Å². The number of para-hydroxylation sites is 1. The van der Waals surface area contributed by atoms with Crippen LogP contribution < -0.4 is 5.32 Å². The van der Waals surface area contributed by atoms with Gasteiger partial charge < -0.3 is 19.8 Å². The summed E-state index contributed by atoms with van der Waals surface area (Å²) in [5, 5.41) is 4.19. The van der Waals surface area contributed by atoms with E-state index in [1.54, 1.807) is 6.92 Å². The van der Waals surface area contributed by atoms with Crippen molar-refractivity contribution in [1.82, 2.24) is 4.98 Å². The summed E-state index contributed by atoms with van der Waals surface area (Å²) in [6.45, 7) is 3.25. The van der Waals surface area contributed by atoms with Crippen LogP contribution in [0.1, 0.15) is 39.2 Å². The highest BCUT2D eigenvalue weighted by Crippen LogP contribution is 2.32. The van der Waals surface area contributed by atoms with Crippen molar-refractivity contribution in [2.75, 3.05) is 19.0 Å². The Morgan fingerprint density at radius 1 is 1.17 bits per heavy atom. The van der Waals surface area contributed by atoms with Crippen LogP contribution >= 0.6 is 11.3 Å². The summed E-state index contributed by atoms with van der Waals surface area (Å²) < 4.78 is 9.86. The van der Waals surface area contributed by atoms with E-state index in [0.717, 1.165) is 33.3 Å². The van der Waals surface area contributed by atoms with Crippen LogP contribution in [0, 0.1) is 13.8 Å². The molecule has 0 saturated heterocycles. The zero-order valence-corrected chi connectivity index (χ0v) is 18.0. The fraction of sp³-hybridized carbons (Fsp3) is 0.318. The van der Waals surface area contributed by atoms with Crippen molar-refractivity contribution in [1.29, 1.82) is 0 Å². The lowest BCUT2D eigenvalue weighted by atomic mass is 10.1. The summed E-state index contributed by atoms with van der Waals surface area (Å²) in [4.78, 5) is 40.2. The molecule has 8 heteroatoms. The molecular weight excluding hydrogens is 404 g/mol. The number of methoxy groups -OCH3 is 1. The predicted octanol–water partition coefficient (Wildman–Crippen LogP) is 4.14. The van der Waals surface area contributed by atoms with E-state index in [4.69, 9.17) is 9.47 Å². The molecule has 0 aliphatic heterocycles. The third-order valence-electron chi connectivity index (χ3n) is 4.89. The Labute approximate surface area is 178 Å². The summed E-state index contributed by atoms with van der Waals surface area (Å²) in [5.41, 5.74) is 3.31. The summed E-state index contributed by atoms with van der Waals surface area (Å²) >= 11 is 1.28. The summed E-state index contributed by atoms with van der Waals surface area (Å²) in [6, 6.07) is 8.00. The first-order chi connectivity index (χ1) is 14.4. The number of aromatic nitrogens is 1. The van der Waals surface area contributed by atoms with E-state index in [1.165, 1.54) is 18.4 Å². The van der Waals surface area contributed by atoms with Gasteiger partial charge >= 0.3 is 11.9 Å². The van der Waals surface area contributed by atoms with Crippen LogP contribution in [0.3, 0.4) is 0 Å². The maximum atomic E-state index is 12.2. The maximum absolute atomic E-state index is 12.2. The average Bonchev–Trinajstić information content (AvgIpc) is 3.26. The van der Waals surface area contributed by atoms with E-state index in [9.17, 15) is 14.4 Å². The highest BCUT2D eigenvalue weighted by molar-refractivity contribution is 7.16. The van der Waals surface area contributed by atoms with Gasteiger partial charge in [-0.1, -0.05) is 18.2 Å². The number of hydrogen-bond acceptors (Lipinski definition) is 6. The Kier molecular flexibility index (Phi) is 6.89. The highest BCUT2D eigenvalue weighted by Gasteiger charge is 2.22. The topological polar surface area (TPSA) is 97.5 Å². The molecule has 3 rings (SSSR count). The van der Waals surface area contributed by atoms with Crippen LogP contribution in [0.2, 0.25) is 0 Å². The normalized spacial score (nSPS) is 10.8. The molecule has 0 bridgehead atoms. The Balaban J connectivity index is 1.46. The zero-order valence-electron chi connectivity index (χ0n) is 17.2. The molecule has 1 aromatic carbocycles. The van der Waals surface area contributed by atoms with E-state index in [0.29, 0.717) is 17.0 Å². The summed E-state index contributed by atoms with van der Waals surface area (Å²) in [7, 11) is 1.29. The van der Waals surface area contributed by atoms with Gasteiger partial charge in [-0.15, -0.1) is 11.3 Å². The number of thiophene rings is 1. The number of nitrogens with one attached hydrogen (secondary N) is 2. The number of anilines is 1. The number of hydrogen-bond donors (Lipinski definition) is 2. The molecule has 0 aliphatic carbocycles. The lowest BCUT2D eigenvalue weighted by molar-refractivity contribution is -0.147. The van der Waals surface area contributed by atoms with Crippen molar-refractivity contribution in [2.24, 2.45) is 0 Å². The van der Waals surface area contributed by atoms with Gasteiger partial charge in [0.25, 0.3) is 5.91 Å². The van der Waals surface area contributed by atoms with Crippen LogP contribution in [0.25, 0.3) is 10.9 Å². The van der Waals surface area contributed by atoms with Gasteiger partial charge in [0.2, 0.25) is 0 Å². The summed E-state index contributed by atoms with van der Waals surface area (Å²) in [5.74, 6) is -1.44. The number of rotatable bonds is 8. The largest absolute Gasteiger partial charge is 0.465 e. The fourth-order valence-corrected chi connectivity index (χ4v) is 4.27. The van der Waals surface area contributed by atoms with Gasteiger partial charge in [0.1, 0.15) is 5.00 Å². The first kappa shape index (κ1) is 21.6. The van der Waals surface area contributed by atoms with Crippen molar-refractivity contribution in [3.8, 4) is 0 Å². The molecule has 0 aliphatic rings. The minimum Gasteiger partial charge on any atom is -0.465 e. The second kappa shape index (κ2) is 9.58. The Morgan fingerprint density at radius 3 is 2.70 bits per heavy atom. The van der Waals surface area contributed by atoms with Crippen LogP contribution in [0.15, 0.2) is 30.5 Å². The zero-order chi connectivity index (χ0) is 21.7. The van der Waals surface area contributed by atoms with Gasteiger partial charge in [-0.2, -0.15) is 0 Å². The van der Waals surface area contributed by atoms with Crippen LogP contribution in [0.4, 0.5) is 5.00 Å². The Bertz CT molecular complexity index is 1080.